The van der Waals surface area contributed by atoms with Gasteiger partial charge in [0.25, 0.3) is 0 Å². The zero-order valence-corrected chi connectivity index (χ0v) is 7.63. The molecule has 0 spiro atoms. The van der Waals surface area contributed by atoms with Crippen LogP contribution in [0.4, 0.5) is 0 Å². The third-order valence-corrected chi connectivity index (χ3v) is 1.86. The van der Waals surface area contributed by atoms with Gasteiger partial charge in [-0.15, -0.1) is 0 Å². The molecule has 0 amide bonds. The number of carboxylic acids is 1. The topological polar surface area (TPSA) is 159 Å². The lowest BCUT2D eigenvalue weighted by Gasteiger charge is -2.26. The van der Waals surface area contributed by atoms with Crippen molar-refractivity contribution in [3.05, 3.63) is 0 Å². The second-order valence-corrected chi connectivity index (χ2v) is 3.00. The molecule has 90 valence electrons. The number of hydrogen-bond donors (Lipinski definition) is 7. The summed E-state index contributed by atoms with van der Waals surface area (Å²) in [5.41, 5.74) is 0. The van der Waals surface area contributed by atoms with Gasteiger partial charge >= 0.3 is 5.97 Å². The molecule has 7 N–H and O–H groups in total. The molecule has 0 bridgehead atoms. The Morgan fingerprint density at radius 1 is 0.933 bits per heavy atom. The van der Waals surface area contributed by atoms with Crippen LogP contribution < -0.4 is 0 Å². The molecule has 0 unspecified atom stereocenters. The van der Waals surface area contributed by atoms with E-state index in [1.807, 2.05) is 0 Å². The van der Waals surface area contributed by atoms with Gasteiger partial charge in [0.15, 0.2) is 6.10 Å². The molecule has 0 rings (SSSR count). The molecule has 0 aliphatic rings. The lowest BCUT2D eigenvalue weighted by Crippen LogP contribution is -2.51. The number of aliphatic hydroxyl groups excluding tert-OH is 6. The van der Waals surface area contributed by atoms with Gasteiger partial charge in [-0.3, -0.25) is 0 Å². The maximum Gasteiger partial charge on any atom is 0.335 e. The Balaban J connectivity index is 4.42. The summed E-state index contributed by atoms with van der Waals surface area (Å²) in [6.45, 7) is -0.881. The van der Waals surface area contributed by atoms with E-state index >= 15 is 0 Å². The van der Waals surface area contributed by atoms with Crippen LogP contribution in [-0.4, -0.2) is 78.8 Å². The van der Waals surface area contributed by atoms with Crippen molar-refractivity contribution in [2.75, 3.05) is 6.61 Å². The molecule has 8 heteroatoms. The molecule has 5 atom stereocenters. The summed E-state index contributed by atoms with van der Waals surface area (Å²) < 4.78 is 0. The predicted octanol–water partition coefficient (Wildman–Crippen LogP) is -4.13. The molecule has 8 nitrogen and oxygen atoms in total. The van der Waals surface area contributed by atoms with Crippen LogP contribution in [0.25, 0.3) is 0 Å². The van der Waals surface area contributed by atoms with E-state index in [0.29, 0.717) is 0 Å². The van der Waals surface area contributed by atoms with Gasteiger partial charge in [0.05, 0.1) is 6.61 Å². The minimum absolute atomic E-state index is 0.881. The Kier molecular flexibility index (Phi) is 5.65. The molecule has 0 aliphatic carbocycles. The molecule has 0 aromatic rings. The fourth-order valence-corrected chi connectivity index (χ4v) is 0.870. The maximum atomic E-state index is 10.2. The monoisotopic (exact) mass is 226 g/mol. The third kappa shape index (κ3) is 3.70. The first-order chi connectivity index (χ1) is 6.82. The zero-order chi connectivity index (χ0) is 12.2. The minimum atomic E-state index is -2.29. The molecular formula is C7H14O8. The zero-order valence-electron chi connectivity index (χ0n) is 7.63. The van der Waals surface area contributed by atoms with Crippen LogP contribution in [0.5, 0.6) is 0 Å². The minimum Gasteiger partial charge on any atom is -0.479 e. The van der Waals surface area contributed by atoms with Gasteiger partial charge in [-0.05, 0) is 0 Å². The van der Waals surface area contributed by atoms with Crippen molar-refractivity contribution in [2.45, 2.75) is 30.5 Å². The second-order valence-electron chi connectivity index (χ2n) is 3.00. The van der Waals surface area contributed by atoms with Gasteiger partial charge < -0.3 is 35.7 Å². The summed E-state index contributed by atoms with van der Waals surface area (Å²) in [5, 5.41) is 61.5. The van der Waals surface area contributed by atoms with Crippen molar-refractivity contribution >= 4 is 5.97 Å². The van der Waals surface area contributed by atoms with Crippen LogP contribution in [0, 0.1) is 0 Å². The average Bonchev–Trinajstić information content (AvgIpc) is 2.23. The highest BCUT2D eigenvalue weighted by Crippen LogP contribution is 2.08. The highest BCUT2D eigenvalue weighted by atomic mass is 16.4. The van der Waals surface area contributed by atoms with Gasteiger partial charge in [0.2, 0.25) is 0 Å². The predicted molar refractivity (Wildman–Crippen MR) is 44.8 cm³/mol. The normalized spacial score (nSPS) is 21.5. The Morgan fingerprint density at radius 2 is 1.40 bits per heavy atom. The molecule has 0 aromatic heterocycles. The maximum absolute atomic E-state index is 10.2. The summed E-state index contributed by atoms with van der Waals surface area (Å²) >= 11 is 0. The van der Waals surface area contributed by atoms with E-state index < -0.39 is 43.1 Å². The summed E-state index contributed by atoms with van der Waals surface area (Å²) in [4.78, 5) is 10.2. The standard InChI is InChI=1S/C7H14O8/c8-1-2(9)3(10)4(11)5(12)6(13)7(14)15/h2-6,8-13H,1H2,(H,14,15)/t2-,3-,4-,5+,6+/m1/s1. The Hall–Kier alpha value is -0.770. The molecule has 0 heterocycles. The number of aliphatic hydroxyl groups is 6. The van der Waals surface area contributed by atoms with E-state index in [-0.39, 0.29) is 0 Å². The van der Waals surface area contributed by atoms with Crippen molar-refractivity contribution in [2.24, 2.45) is 0 Å². The second kappa shape index (κ2) is 5.95. The first-order valence-corrected chi connectivity index (χ1v) is 4.07. The number of carbonyl (C=O) groups is 1. The van der Waals surface area contributed by atoms with Crippen LogP contribution in [0.2, 0.25) is 0 Å². The van der Waals surface area contributed by atoms with E-state index in [0.717, 1.165) is 0 Å². The third-order valence-electron chi connectivity index (χ3n) is 1.86. The van der Waals surface area contributed by atoms with Crippen molar-refractivity contribution in [1.29, 1.82) is 0 Å². The molecule has 0 radical (unpaired) electrons. The van der Waals surface area contributed by atoms with Crippen molar-refractivity contribution in [3.8, 4) is 0 Å². The molecule has 0 aromatic carbocycles. The fraction of sp³-hybridized carbons (Fsp3) is 0.857. The van der Waals surface area contributed by atoms with Gasteiger partial charge in [0, 0.05) is 0 Å². The van der Waals surface area contributed by atoms with Gasteiger partial charge in [-0.25, -0.2) is 4.79 Å². The summed E-state index contributed by atoms with van der Waals surface area (Å²) in [7, 11) is 0. The van der Waals surface area contributed by atoms with Gasteiger partial charge in [-0.2, -0.15) is 0 Å². The number of rotatable bonds is 6. The Labute approximate surface area is 84.7 Å². The molecule has 0 saturated carbocycles. The number of hydrogen-bond acceptors (Lipinski definition) is 7. The van der Waals surface area contributed by atoms with Crippen molar-refractivity contribution in [3.63, 3.8) is 0 Å². The van der Waals surface area contributed by atoms with E-state index in [2.05, 4.69) is 0 Å². The van der Waals surface area contributed by atoms with Crippen LogP contribution in [-0.2, 0) is 4.79 Å². The van der Waals surface area contributed by atoms with Crippen LogP contribution >= 0.6 is 0 Å². The number of aliphatic carboxylic acids is 1. The van der Waals surface area contributed by atoms with Crippen molar-refractivity contribution < 1.29 is 40.5 Å². The average molecular weight is 226 g/mol. The first-order valence-electron chi connectivity index (χ1n) is 4.07. The summed E-state index contributed by atoms with van der Waals surface area (Å²) in [6.07, 6.45) is -10.2. The van der Waals surface area contributed by atoms with E-state index in [1.165, 1.54) is 0 Å². The highest BCUT2D eigenvalue weighted by Gasteiger charge is 2.36. The Morgan fingerprint density at radius 3 is 1.73 bits per heavy atom. The van der Waals surface area contributed by atoms with Gasteiger partial charge in [0.1, 0.15) is 24.4 Å². The molecule has 0 saturated heterocycles. The fourth-order valence-electron chi connectivity index (χ4n) is 0.870. The summed E-state index contributed by atoms with van der Waals surface area (Å²) in [5.74, 6) is -1.78. The quantitative estimate of drug-likeness (QED) is 0.240. The van der Waals surface area contributed by atoms with Crippen LogP contribution in [0.3, 0.4) is 0 Å². The van der Waals surface area contributed by atoms with E-state index in [9.17, 15) is 4.79 Å². The highest BCUT2D eigenvalue weighted by molar-refractivity contribution is 5.72. The van der Waals surface area contributed by atoms with Gasteiger partial charge in [-0.1, -0.05) is 0 Å². The molecule has 0 aliphatic heterocycles. The van der Waals surface area contributed by atoms with Crippen LogP contribution in [0.1, 0.15) is 0 Å². The van der Waals surface area contributed by atoms with Crippen molar-refractivity contribution in [1.82, 2.24) is 0 Å². The largest absolute Gasteiger partial charge is 0.479 e. The molecular weight excluding hydrogens is 212 g/mol. The first kappa shape index (κ1) is 14.2. The lowest BCUT2D eigenvalue weighted by atomic mass is 9.99. The Bertz CT molecular complexity index is 207. The number of carboxylic acid groups (broad SMARTS) is 1. The van der Waals surface area contributed by atoms with E-state index in [4.69, 9.17) is 35.7 Å². The molecule has 0 fully saturated rings. The smallest absolute Gasteiger partial charge is 0.335 e. The van der Waals surface area contributed by atoms with Crippen LogP contribution in [0.15, 0.2) is 0 Å². The lowest BCUT2D eigenvalue weighted by molar-refractivity contribution is -0.169. The SMILES string of the molecule is O=C(O)[C@@H](O)[C@@H](O)[C@H](O)[C@H](O)[C@H](O)CO. The summed E-state index contributed by atoms with van der Waals surface area (Å²) in [6, 6.07) is 0. The molecule has 15 heavy (non-hydrogen) atoms. The van der Waals surface area contributed by atoms with E-state index in [1.54, 1.807) is 0 Å².